The number of aliphatic hydroxyl groups excluding tert-OH is 1. The van der Waals surface area contributed by atoms with Gasteiger partial charge in [0.1, 0.15) is 5.75 Å². The van der Waals surface area contributed by atoms with Crippen molar-refractivity contribution < 1.29 is 19.8 Å². The summed E-state index contributed by atoms with van der Waals surface area (Å²) >= 11 is 0. The number of oxime groups is 1. The molecule has 0 fully saturated rings. The molecule has 1 unspecified atom stereocenters. The number of benzene rings is 1. The van der Waals surface area contributed by atoms with Gasteiger partial charge in [-0.05, 0) is 31.2 Å². The Morgan fingerprint density at radius 1 is 1.43 bits per heavy atom. The van der Waals surface area contributed by atoms with Gasteiger partial charge in [0.05, 0.1) is 19.8 Å². The van der Waals surface area contributed by atoms with Crippen LogP contribution >= 0.6 is 0 Å². The highest BCUT2D eigenvalue weighted by Gasteiger charge is 2.08. The number of nitrogens with zero attached hydrogens (tertiary/aromatic N) is 1. The molecule has 0 aliphatic rings. The van der Waals surface area contributed by atoms with Crippen LogP contribution < -0.4 is 15.8 Å². The van der Waals surface area contributed by atoms with E-state index in [1.807, 2.05) is 0 Å². The van der Waals surface area contributed by atoms with Crippen LogP contribution in [-0.2, 0) is 11.3 Å². The predicted octanol–water partition coefficient (Wildman–Crippen LogP) is 0.277. The Labute approximate surface area is 124 Å². The molecule has 5 N–H and O–H groups in total. The molecule has 0 amide bonds. The van der Waals surface area contributed by atoms with Crippen molar-refractivity contribution in [3.05, 3.63) is 29.3 Å². The topological polar surface area (TPSA) is 109 Å². The van der Waals surface area contributed by atoms with Gasteiger partial charge in [-0.1, -0.05) is 5.16 Å². The third-order valence-electron chi connectivity index (χ3n) is 3.01. The third-order valence-corrected chi connectivity index (χ3v) is 3.01. The van der Waals surface area contributed by atoms with Crippen LogP contribution in [0.2, 0.25) is 0 Å². The molecule has 0 radical (unpaired) electrons. The molecule has 0 spiro atoms. The van der Waals surface area contributed by atoms with Gasteiger partial charge in [0.25, 0.3) is 0 Å². The predicted molar refractivity (Wildman–Crippen MR) is 79.7 cm³/mol. The Balaban J connectivity index is 2.60. The average Bonchev–Trinajstić information content (AvgIpc) is 2.50. The van der Waals surface area contributed by atoms with Crippen molar-refractivity contribution in [2.45, 2.75) is 19.1 Å². The fourth-order valence-corrected chi connectivity index (χ4v) is 1.90. The lowest BCUT2D eigenvalue weighted by Gasteiger charge is -2.13. The maximum absolute atomic E-state index is 9.55. The highest BCUT2D eigenvalue weighted by molar-refractivity contribution is 5.97. The van der Waals surface area contributed by atoms with Crippen LogP contribution in [0.5, 0.6) is 5.75 Å². The first kappa shape index (κ1) is 17.2. The van der Waals surface area contributed by atoms with Crippen molar-refractivity contribution in [3.63, 3.8) is 0 Å². The Morgan fingerprint density at radius 2 is 2.19 bits per heavy atom. The van der Waals surface area contributed by atoms with E-state index < -0.39 is 6.10 Å². The molecule has 7 heteroatoms. The van der Waals surface area contributed by atoms with Gasteiger partial charge in [-0.15, -0.1) is 0 Å². The van der Waals surface area contributed by atoms with Crippen LogP contribution in [0, 0.1) is 0 Å². The van der Waals surface area contributed by atoms with E-state index >= 15 is 0 Å². The highest BCUT2D eigenvalue weighted by atomic mass is 16.5. The molecule has 7 nitrogen and oxygen atoms in total. The minimum absolute atomic E-state index is 0.0504. The molecule has 0 saturated heterocycles. The lowest BCUT2D eigenvalue weighted by Crippen LogP contribution is -2.23. The summed E-state index contributed by atoms with van der Waals surface area (Å²) in [6, 6.07) is 5.29. The van der Waals surface area contributed by atoms with Crippen molar-refractivity contribution in [1.29, 1.82) is 0 Å². The van der Waals surface area contributed by atoms with E-state index in [1.165, 1.54) is 0 Å². The second-order valence-corrected chi connectivity index (χ2v) is 4.59. The van der Waals surface area contributed by atoms with Crippen molar-refractivity contribution in [2.75, 3.05) is 27.4 Å². The lowest BCUT2D eigenvalue weighted by atomic mass is 10.1. The van der Waals surface area contributed by atoms with Gasteiger partial charge in [0.15, 0.2) is 5.84 Å². The summed E-state index contributed by atoms with van der Waals surface area (Å²) in [7, 11) is 3.14. The molecule has 0 aromatic heterocycles. The maximum atomic E-state index is 9.55. The van der Waals surface area contributed by atoms with E-state index in [-0.39, 0.29) is 5.84 Å². The summed E-state index contributed by atoms with van der Waals surface area (Å²) in [5, 5.41) is 24.4. The smallest absolute Gasteiger partial charge is 0.170 e. The second kappa shape index (κ2) is 9.17. The third kappa shape index (κ3) is 5.58. The van der Waals surface area contributed by atoms with Crippen molar-refractivity contribution in [1.82, 2.24) is 5.32 Å². The zero-order valence-corrected chi connectivity index (χ0v) is 12.4. The first-order chi connectivity index (χ1) is 10.1. The average molecular weight is 297 g/mol. The minimum atomic E-state index is -0.479. The van der Waals surface area contributed by atoms with Crippen LogP contribution in [0.3, 0.4) is 0 Å². The molecule has 0 heterocycles. The first-order valence-corrected chi connectivity index (χ1v) is 6.64. The van der Waals surface area contributed by atoms with Gasteiger partial charge in [0, 0.05) is 24.8 Å². The summed E-state index contributed by atoms with van der Waals surface area (Å²) in [6.45, 7) is 1.51. The van der Waals surface area contributed by atoms with Crippen molar-refractivity contribution >= 4 is 5.84 Å². The monoisotopic (exact) mass is 297 g/mol. The number of hydrogen-bond donors (Lipinski definition) is 4. The number of rotatable bonds is 9. The number of ether oxygens (including phenoxy) is 2. The van der Waals surface area contributed by atoms with Gasteiger partial charge < -0.3 is 30.8 Å². The summed E-state index contributed by atoms with van der Waals surface area (Å²) in [5.74, 6) is 0.767. The fourth-order valence-electron chi connectivity index (χ4n) is 1.90. The SMILES string of the molecule is COCC(O)CCNCc1cc(/C(N)=N/O)ccc1OC. The first-order valence-electron chi connectivity index (χ1n) is 6.64. The minimum Gasteiger partial charge on any atom is -0.496 e. The summed E-state index contributed by atoms with van der Waals surface area (Å²) in [5.41, 5.74) is 7.09. The van der Waals surface area contributed by atoms with E-state index in [0.717, 1.165) is 11.3 Å². The van der Waals surface area contributed by atoms with E-state index in [0.29, 0.717) is 31.7 Å². The molecule has 0 aliphatic carbocycles. The highest BCUT2D eigenvalue weighted by Crippen LogP contribution is 2.19. The zero-order valence-electron chi connectivity index (χ0n) is 12.4. The molecule has 0 saturated carbocycles. The van der Waals surface area contributed by atoms with Crippen molar-refractivity contribution in [3.8, 4) is 5.75 Å². The van der Waals surface area contributed by atoms with Crippen LogP contribution in [0.4, 0.5) is 0 Å². The maximum Gasteiger partial charge on any atom is 0.170 e. The van der Waals surface area contributed by atoms with Gasteiger partial charge >= 0.3 is 0 Å². The fraction of sp³-hybridized carbons (Fsp3) is 0.500. The van der Waals surface area contributed by atoms with Gasteiger partial charge in [0.2, 0.25) is 0 Å². The molecule has 118 valence electrons. The Bertz CT molecular complexity index is 466. The Kier molecular flexibility index (Phi) is 7.52. The second-order valence-electron chi connectivity index (χ2n) is 4.59. The van der Waals surface area contributed by atoms with Gasteiger partial charge in [-0.25, -0.2) is 0 Å². The van der Waals surface area contributed by atoms with Crippen LogP contribution in [-0.4, -0.2) is 49.6 Å². The summed E-state index contributed by atoms with van der Waals surface area (Å²) < 4.78 is 10.1. The number of methoxy groups -OCH3 is 2. The lowest BCUT2D eigenvalue weighted by molar-refractivity contribution is 0.0594. The number of aliphatic hydroxyl groups is 1. The molecule has 1 aromatic carbocycles. The van der Waals surface area contributed by atoms with Gasteiger partial charge in [-0.2, -0.15) is 0 Å². The van der Waals surface area contributed by atoms with Crippen LogP contribution in [0.25, 0.3) is 0 Å². The quantitative estimate of drug-likeness (QED) is 0.171. The molecule has 21 heavy (non-hydrogen) atoms. The largest absolute Gasteiger partial charge is 0.496 e. The van der Waals surface area contributed by atoms with E-state index in [2.05, 4.69) is 10.5 Å². The zero-order chi connectivity index (χ0) is 15.7. The molecule has 1 aromatic rings. The van der Waals surface area contributed by atoms with E-state index in [4.69, 9.17) is 20.4 Å². The molecule has 1 rings (SSSR count). The van der Waals surface area contributed by atoms with E-state index in [1.54, 1.807) is 32.4 Å². The Hall–Kier alpha value is -1.83. The van der Waals surface area contributed by atoms with Crippen LogP contribution in [0.1, 0.15) is 17.5 Å². The van der Waals surface area contributed by atoms with Gasteiger partial charge in [-0.3, -0.25) is 0 Å². The standard InChI is InChI=1S/C14H23N3O4/c1-20-9-12(18)5-6-16-8-11-7-10(14(15)17-19)3-4-13(11)21-2/h3-4,7,12,16,18-19H,5-6,8-9H2,1-2H3,(H2,15,17). The van der Waals surface area contributed by atoms with E-state index in [9.17, 15) is 5.11 Å². The molecule has 1 atom stereocenters. The molecular weight excluding hydrogens is 274 g/mol. The summed E-state index contributed by atoms with van der Waals surface area (Å²) in [6.07, 6.45) is 0.115. The number of hydrogen-bond acceptors (Lipinski definition) is 6. The molecule has 0 aliphatic heterocycles. The number of amidine groups is 1. The Morgan fingerprint density at radius 3 is 2.81 bits per heavy atom. The van der Waals surface area contributed by atoms with Crippen molar-refractivity contribution in [2.24, 2.45) is 10.9 Å². The molecular formula is C14H23N3O4. The number of nitrogens with one attached hydrogen (secondary N) is 1. The van der Waals surface area contributed by atoms with Crippen LogP contribution in [0.15, 0.2) is 23.4 Å². The summed E-state index contributed by atoms with van der Waals surface area (Å²) in [4.78, 5) is 0. The normalized spacial score (nSPS) is 13.2. The number of nitrogens with two attached hydrogens (primary N) is 1. The molecule has 0 bridgehead atoms.